The van der Waals surface area contributed by atoms with Crippen molar-refractivity contribution in [3.05, 3.63) is 0 Å². The normalized spacial score (nSPS) is 44.1. The first kappa shape index (κ1) is 6.66. The van der Waals surface area contributed by atoms with Gasteiger partial charge in [-0.25, -0.2) is 0 Å². The van der Waals surface area contributed by atoms with Crippen LogP contribution in [0.2, 0.25) is 0 Å². The molecule has 0 saturated heterocycles. The van der Waals surface area contributed by atoms with Crippen LogP contribution < -0.4 is 0 Å². The fraction of sp³-hybridized carbons (Fsp3) is 1.00. The van der Waals surface area contributed by atoms with Crippen LogP contribution in [0.15, 0.2) is 0 Å². The van der Waals surface area contributed by atoms with Crippen molar-refractivity contribution in [1.82, 2.24) is 0 Å². The minimum Gasteiger partial charge on any atom is -0.375 e. The highest BCUT2D eigenvalue weighted by atomic mass is 16.5. The number of hydrogen-bond donors (Lipinski definition) is 0. The number of ether oxygens (including phenoxy) is 1. The molecule has 0 radical (unpaired) electrons. The summed E-state index contributed by atoms with van der Waals surface area (Å²) in [5, 5.41) is 0. The monoisotopic (exact) mass is 140 g/mol. The maximum Gasteiger partial charge on any atom is 0.0609 e. The van der Waals surface area contributed by atoms with Crippen molar-refractivity contribution in [1.29, 1.82) is 0 Å². The third kappa shape index (κ3) is 1.07. The van der Waals surface area contributed by atoms with Gasteiger partial charge in [0.05, 0.1) is 12.2 Å². The summed E-state index contributed by atoms with van der Waals surface area (Å²) in [6.45, 7) is 4.27. The summed E-state index contributed by atoms with van der Waals surface area (Å²) in [7, 11) is 0. The first-order valence-electron chi connectivity index (χ1n) is 4.43. The molecule has 58 valence electrons. The number of fused-ring (bicyclic) bond motifs is 1. The SMILES string of the molecule is CC(C)OC1CCC2CC21. The van der Waals surface area contributed by atoms with Gasteiger partial charge < -0.3 is 4.74 Å². The molecule has 2 saturated carbocycles. The van der Waals surface area contributed by atoms with E-state index in [1.807, 2.05) is 0 Å². The molecule has 0 aliphatic heterocycles. The summed E-state index contributed by atoms with van der Waals surface area (Å²) in [6, 6.07) is 0. The van der Waals surface area contributed by atoms with E-state index in [0.717, 1.165) is 11.8 Å². The van der Waals surface area contributed by atoms with Crippen LogP contribution in [0.25, 0.3) is 0 Å². The molecular formula is C9H16O. The van der Waals surface area contributed by atoms with Gasteiger partial charge in [-0.15, -0.1) is 0 Å². The molecule has 0 amide bonds. The molecule has 0 aromatic rings. The Morgan fingerprint density at radius 3 is 2.50 bits per heavy atom. The molecule has 2 aliphatic rings. The quantitative estimate of drug-likeness (QED) is 0.571. The predicted molar refractivity (Wildman–Crippen MR) is 40.8 cm³/mol. The van der Waals surface area contributed by atoms with Crippen LogP contribution >= 0.6 is 0 Å². The molecule has 2 aliphatic carbocycles. The van der Waals surface area contributed by atoms with Gasteiger partial charge in [-0.1, -0.05) is 0 Å². The van der Waals surface area contributed by atoms with Gasteiger partial charge in [0, 0.05) is 0 Å². The van der Waals surface area contributed by atoms with E-state index in [0.29, 0.717) is 12.2 Å². The van der Waals surface area contributed by atoms with Gasteiger partial charge in [0.2, 0.25) is 0 Å². The van der Waals surface area contributed by atoms with E-state index in [-0.39, 0.29) is 0 Å². The smallest absolute Gasteiger partial charge is 0.0609 e. The van der Waals surface area contributed by atoms with Crippen molar-refractivity contribution in [2.24, 2.45) is 11.8 Å². The van der Waals surface area contributed by atoms with Crippen LogP contribution in [0, 0.1) is 11.8 Å². The van der Waals surface area contributed by atoms with E-state index >= 15 is 0 Å². The molecule has 1 heteroatoms. The van der Waals surface area contributed by atoms with Crippen molar-refractivity contribution in [3.8, 4) is 0 Å². The molecule has 10 heavy (non-hydrogen) atoms. The van der Waals surface area contributed by atoms with Gasteiger partial charge in [0.1, 0.15) is 0 Å². The molecule has 0 spiro atoms. The Kier molecular flexibility index (Phi) is 1.48. The van der Waals surface area contributed by atoms with E-state index in [1.54, 1.807) is 0 Å². The van der Waals surface area contributed by atoms with Gasteiger partial charge in [-0.05, 0) is 44.9 Å². The summed E-state index contributed by atoms with van der Waals surface area (Å²) in [4.78, 5) is 0. The van der Waals surface area contributed by atoms with E-state index in [1.165, 1.54) is 19.3 Å². The topological polar surface area (TPSA) is 9.23 Å². The molecule has 2 rings (SSSR count). The van der Waals surface area contributed by atoms with Crippen molar-refractivity contribution >= 4 is 0 Å². The minimum atomic E-state index is 0.435. The van der Waals surface area contributed by atoms with Crippen molar-refractivity contribution in [2.45, 2.75) is 45.3 Å². The Bertz CT molecular complexity index is 131. The molecule has 0 heterocycles. The molecule has 0 aromatic carbocycles. The fourth-order valence-electron chi connectivity index (χ4n) is 2.17. The van der Waals surface area contributed by atoms with Crippen LogP contribution in [-0.4, -0.2) is 12.2 Å². The average Bonchev–Trinajstić information content (AvgIpc) is 2.52. The molecule has 0 bridgehead atoms. The first-order valence-corrected chi connectivity index (χ1v) is 4.43. The number of rotatable bonds is 2. The standard InChI is InChI=1S/C9H16O/c1-6(2)10-9-4-3-7-5-8(7)9/h6-9H,3-5H2,1-2H3. The van der Waals surface area contributed by atoms with Gasteiger partial charge in [0.25, 0.3) is 0 Å². The molecule has 3 unspecified atom stereocenters. The highest BCUT2D eigenvalue weighted by Gasteiger charge is 2.48. The van der Waals surface area contributed by atoms with Crippen LogP contribution in [-0.2, 0) is 4.74 Å². The molecule has 0 N–H and O–H groups in total. The molecule has 0 aromatic heterocycles. The Labute approximate surface area is 62.8 Å². The maximum atomic E-state index is 5.77. The van der Waals surface area contributed by atoms with E-state index in [2.05, 4.69) is 13.8 Å². The maximum absolute atomic E-state index is 5.77. The van der Waals surface area contributed by atoms with E-state index < -0.39 is 0 Å². The Hall–Kier alpha value is -0.0400. The van der Waals surface area contributed by atoms with Crippen LogP contribution in [0.1, 0.15) is 33.1 Å². The zero-order chi connectivity index (χ0) is 7.14. The van der Waals surface area contributed by atoms with Crippen LogP contribution in [0.4, 0.5) is 0 Å². The summed E-state index contributed by atoms with van der Waals surface area (Å²) in [6.07, 6.45) is 5.28. The van der Waals surface area contributed by atoms with E-state index in [4.69, 9.17) is 4.74 Å². The summed E-state index contributed by atoms with van der Waals surface area (Å²) in [5.74, 6) is 2.02. The largest absolute Gasteiger partial charge is 0.375 e. The lowest BCUT2D eigenvalue weighted by Gasteiger charge is -2.15. The van der Waals surface area contributed by atoms with E-state index in [9.17, 15) is 0 Å². The second kappa shape index (κ2) is 2.23. The van der Waals surface area contributed by atoms with Crippen LogP contribution in [0.5, 0.6) is 0 Å². The summed E-state index contributed by atoms with van der Waals surface area (Å²) < 4.78 is 5.77. The third-order valence-electron chi connectivity index (χ3n) is 2.72. The van der Waals surface area contributed by atoms with Gasteiger partial charge in [-0.3, -0.25) is 0 Å². The highest BCUT2D eigenvalue weighted by molar-refractivity contribution is 4.98. The van der Waals surface area contributed by atoms with Crippen LogP contribution in [0.3, 0.4) is 0 Å². The molecular weight excluding hydrogens is 124 g/mol. The lowest BCUT2D eigenvalue weighted by Crippen LogP contribution is -2.17. The third-order valence-corrected chi connectivity index (χ3v) is 2.72. The van der Waals surface area contributed by atoms with Crippen molar-refractivity contribution in [2.75, 3.05) is 0 Å². The second-order valence-electron chi connectivity index (χ2n) is 3.96. The zero-order valence-corrected chi connectivity index (χ0v) is 6.84. The van der Waals surface area contributed by atoms with Crippen molar-refractivity contribution in [3.63, 3.8) is 0 Å². The molecule has 2 fully saturated rings. The zero-order valence-electron chi connectivity index (χ0n) is 6.84. The summed E-state index contributed by atoms with van der Waals surface area (Å²) in [5.41, 5.74) is 0. The van der Waals surface area contributed by atoms with Gasteiger partial charge in [-0.2, -0.15) is 0 Å². The Morgan fingerprint density at radius 1 is 1.30 bits per heavy atom. The lowest BCUT2D eigenvalue weighted by molar-refractivity contribution is -0.000128. The fourth-order valence-corrected chi connectivity index (χ4v) is 2.17. The predicted octanol–water partition coefficient (Wildman–Crippen LogP) is 2.21. The molecule has 3 atom stereocenters. The highest BCUT2D eigenvalue weighted by Crippen LogP contribution is 2.53. The lowest BCUT2D eigenvalue weighted by atomic mass is 10.2. The molecule has 1 nitrogen and oxygen atoms in total. The summed E-state index contributed by atoms with van der Waals surface area (Å²) >= 11 is 0. The first-order chi connectivity index (χ1) is 4.77. The Morgan fingerprint density at radius 2 is 2.10 bits per heavy atom. The van der Waals surface area contributed by atoms with Crippen molar-refractivity contribution < 1.29 is 4.74 Å². The average molecular weight is 140 g/mol. The number of hydrogen-bond acceptors (Lipinski definition) is 1. The minimum absolute atomic E-state index is 0.435. The van der Waals surface area contributed by atoms with Gasteiger partial charge >= 0.3 is 0 Å². The Balaban J connectivity index is 1.82. The second-order valence-corrected chi connectivity index (χ2v) is 3.96. The van der Waals surface area contributed by atoms with Gasteiger partial charge in [0.15, 0.2) is 0 Å².